The van der Waals surface area contributed by atoms with Crippen LogP contribution in [-0.2, 0) is 6.54 Å². The molecule has 0 aliphatic rings. The molecular formula is C19H15F3N4O3. The Hall–Kier alpha value is -3.56. The van der Waals surface area contributed by atoms with E-state index in [-0.39, 0.29) is 17.5 Å². The van der Waals surface area contributed by atoms with Gasteiger partial charge in [-0.1, -0.05) is 10.3 Å². The zero-order valence-corrected chi connectivity index (χ0v) is 15.4. The summed E-state index contributed by atoms with van der Waals surface area (Å²) < 4.78 is 53.2. The Bertz CT molecular complexity index is 1110. The van der Waals surface area contributed by atoms with Gasteiger partial charge in [0.15, 0.2) is 0 Å². The summed E-state index contributed by atoms with van der Waals surface area (Å²) in [4.78, 5) is 4.36. The van der Waals surface area contributed by atoms with Crippen molar-refractivity contribution in [3.63, 3.8) is 0 Å². The Morgan fingerprint density at radius 2 is 1.79 bits per heavy atom. The first-order valence-electron chi connectivity index (χ1n) is 8.57. The minimum Gasteiger partial charge on any atom is -0.406 e. The van der Waals surface area contributed by atoms with E-state index < -0.39 is 6.36 Å². The Labute approximate surface area is 162 Å². The van der Waals surface area contributed by atoms with Gasteiger partial charge >= 0.3 is 6.36 Å². The summed E-state index contributed by atoms with van der Waals surface area (Å²) in [7, 11) is 0. The van der Waals surface area contributed by atoms with Crippen molar-refractivity contribution in [2.24, 2.45) is 0 Å². The number of aryl methyl sites for hydroxylation is 2. The summed E-state index contributed by atoms with van der Waals surface area (Å²) in [6.45, 7) is 4.23. The molecule has 0 radical (unpaired) electrons. The molecule has 3 aromatic heterocycles. The lowest BCUT2D eigenvalue weighted by Gasteiger charge is -2.08. The zero-order valence-electron chi connectivity index (χ0n) is 15.4. The molecular weight excluding hydrogens is 389 g/mol. The molecule has 0 amide bonds. The monoisotopic (exact) mass is 404 g/mol. The van der Waals surface area contributed by atoms with Crippen molar-refractivity contribution >= 4 is 0 Å². The van der Waals surface area contributed by atoms with Gasteiger partial charge in [0.2, 0.25) is 5.82 Å². The van der Waals surface area contributed by atoms with Crippen LogP contribution in [0.4, 0.5) is 13.2 Å². The molecule has 0 atom stereocenters. The molecule has 4 rings (SSSR count). The van der Waals surface area contributed by atoms with Gasteiger partial charge in [0.1, 0.15) is 17.2 Å². The summed E-state index contributed by atoms with van der Waals surface area (Å²) in [5.41, 5.74) is 2.95. The predicted octanol–water partition coefficient (Wildman–Crippen LogP) is 4.76. The quantitative estimate of drug-likeness (QED) is 0.477. The molecule has 0 fully saturated rings. The van der Waals surface area contributed by atoms with E-state index in [1.807, 2.05) is 36.7 Å². The Balaban J connectivity index is 1.57. The average molecular weight is 404 g/mol. The Morgan fingerprint density at radius 1 is 1.03 bits per heavy atom. The molecule has 29 heavy (non-hydrogen) atoms. The van der Waals surface area contributed by atoms with Crippen LogP contribution in [0.25, 0.3) is 23.0 Å². The molecule has 0 saturated carbocycles. The lowest BCUT2D eigenvalue weighted by atomic mass is 10.2. The van der Waals surface area contributed by atoms with Crippen LogP contribution in [0.2, 0.25) is 0 Å². The summed E-state index contributed by atoms with van der Waals surface area (Å²) in [5.74, 6) is 0.948. The first kappa shape index (κ1) is 18.8. The van der Waals surface area contributed by atoms with Gasteiger partial charge in [-0.15, -0.1) is 13.2 Å². The highest BCUT2D eigenvalue weighted by Gasteiger charge is 2.31. The van der Waals surface area contributed by atoms with E-state index in [4.69, 9.17) is 9.05 Å². The van der Waals surface area contributed by atoms with Crippen LogP contribution in [0.1, 0.15) is 17.0 Å². The van der Waals surface area contributed by atoms with Gasteiger partial charge < -0.3 is 18.4 Å². The normalized spacial score (nSPS) is 11.8. The smallest absolute Gasteiger partial charge is 0.406 e. The van der Waals surface area contributed by atoms with Gasteiger partial charge in [-0.25, -0.2) is 0 Å². The standard InChI is InChI=1S/C19H15F3N4O3/c1-11-15(12(2)28-24-11)10-26-9-3-4-16(26)18-23-17(25-29-18)13-5-7-14(8-6-13)27-19(20,21)22/h3-9H,10H2,1-2H3. The van der Waals surface area contributed by atoms with Crippen LogP contribution in [0.15, 0.2) is 51.6 Å². The molecule has 0 aliphatic carbocycles. The molecule has 1 aromatic carbocycles. The number of halogens is 3. The van der Waals surface area contributed by atoms with E-state index in [1.54, 1.807) is 0 Å². The maximum atomic E-state index is 12.3. The van der Waals surface area contributed by atoms with Crippen molar-refractivity contribution in [3.8, 4) is 28.7 Å². The van der Waals surface area contributed by atoms with Crippen molar-refractivity contribution in [2.75, 3.05) is 0 Å². The van der Waals surface area contributed by atoms with E-state index >= 15 is 0 Å². The molecule has 150 valence electrons. The van der Waals surface area contributed by atoms with Crippen molar-refractivity contribution in [3.05, 3.63) is 59.6 Å². The summed E-state index contributed by atoms with van der Waals surface area (Å²) >= 11 is 0. The number of benzene rings is 1. The van der Waals surface area contributed by atoms with E-state index in [9.17, 15) is 13.2 Å². The predicted molar refractivity (Wildman–Crippen MR) is 94.9 cm³/mol. The van der Waals surface area contributed by atoms with Crippen LogP contribution in [0, 0.1) is 13.8 Å². The summed E-state index contributed by atoms with van der Waals surface area (Å²) in [5, 5.41) is 7.88. The fraction of sp³-hybridized carbons (Fsp3) is 0.211. The molecule has 0 unspecified atom stereocenters. The van der Waals surface area contributed by atoms with Crippen molar-refractivity contribution in [1.82, 2.24) is 19.9 Å². The molecule has 0 saturated heterocycles. The third-order valence-electron chi connectivity index (χ3n) is 4.33. The number of nitrogens with zero attached hydrogens (tertiary/aromatic N) is 4. The largest absolute Gasteiger partial charge is 0.573 e. The highest BCUT2D eigenvalue weighted by Crippen LogP contribution is 2.27. The molecule has 0 aliphatic heterocycles. The second-order valence-corrected chi connectivity index (χ2v) is 6.32. The zero-order chi connectivity index (χ0) is 20.6. The van der Waals surface area contributed by atoms with Crippen LogP contribution in [-0.4, -0.2) is 26.2 Å². The molecule has 7 nitrogen and oxygen atoms in total. The summed E-state index contributed by atoms with van der Waals surface area (Å²) in [6, 6.07) is 8.92. The van der Waals surface area contributed by atoms with Gasteiger partial charge in [-0.05, 0) is 50.2 Å². The minimum absolute atomic E-state index is 0.253. The Kier molecular flexibility index (Phi) is 4.61. The van der Waals surface area contributed by atoms with E-state index in [0.717, 1.165) is 17.0 Å². The topological polar surface area (TPSA) is 79.1 Å². The van der Waals surface area contributed by atoms with Gasteiger partial charge in [-0.3, -0.25) is 0 Å². The number of rotatable bonds is 5. The first-order chi connectivity index (χ1) is 13.8. The van der Waals surface area contributed by atoms with Crippen LogP contribution < -0.4 is 4.74 Å². The summed E-state index contributed by atoms with van der Waals surface area (Å²) in [6.07, 6.45) is -2.87. The molecule has 0 spiro atoms. The number of hydrogen-bond donors (Lipinski definition) is 0. The van der Waals surface area contributed by atoms with Crippen LogP contribution in [0.3, 0.4) is 0 Å². The van der Waals surface area contributed by atoms with Crippen LogP contribution in [0.5, 0.6) is 5.75 Å². The fourth-order valence-electron chi connectivity index (χ4n) is 2.89. The van der Waals surface area contributed by atoms with E-state index in [0.29, 0.717) is 17.8 Å². The van der Waals surface area contributed by atoms with Crippen LogP contribution >= 0.6 is 0 Å². The second-order valence-electron chi connectivity index (χ2n) is 6.32. The minimum atomic E-state index is -4.74. The fourth-order valence-corrected chi connectivity index (χ4v) is 2.89. The van der Waals surface area contributed by atoms with Crippen molar-refractivity contribution in [2.45, 2.75) is 26.8 Å². The molecule has 4 aromatic rings. The van der Waals surface area contributed by atoms with Gasteiger partial charge in [-0.2, -0.15) is 4.98 Å². The molecule has 3 heterocycles. The maximum absolute atomic E-state index is 12.3. The van der Waals surface area contributed by atoms with Gasteiger partial charge in [0.25, 0.3) is 5.89 Å². The third kappa shape index (κ3) is 4.00. The van der Waals surface area contributed by atoms with Crippen molar-refractivity contribution in [1.29, 1.82) is 0 Å². The number of hydrogen-bond acceptors (Lipinski definition) is 6. The lowest BCUT2D eigenvalue weighted by Crippen LogP contribution is -2.16. The van der Waals surface area contributed by atoms with Gasteiger partial charge in [0, 0.05) is 17.3 Å². The number of alkyl halides is 3. The van der Waals surface area contributed by atoms with Crippen molar-refractivity contribution < 1.29 is 27.0 Å². The van der Waals surface area contributed by atoms with E-state index in [2.05, 4.69) is 20.0 Å². The SMILES string of the molecule is Cc1noc(C)c1Cn1cccc1-c1nc(-c2ccc(OC(F)(F)F)cc2)no1. The number of ether oxygens (including phenoxy) is 1. The van der Waals surface area contributed by atoms with E-state index in [1.165, 1.54) is 24.3 Å². The molecule has 10 heteroatoms. The first-order valence-corrected chi connectivity index (χ1v) is 8.57. The lowest BCUT2D eigenvalue weighted by molar-refractivity contribution is -0.274. The second kappa shape index (κ2) is 7.12. The maximum Gasteiger partial charge on any atom is 0.573 e. The third-order valence-corrected chi connectivity index (χ3v) is 4.33. The number of aromatic nitrogens is 4. The molecule has 0 N–H and O–H groups in total. The molecule has 0 bridgehead atoms. The highest BCUT2D eigenvalue weighted by atomic mass is 19.4. The Morgan fingerprint density at radius 3 is 2.45 bits per heavy atom. The van der Waals surface area contributed by atoms with Gasteiger partial charge in [0.05, 0.1) is 12.2 Å². The average Bonchev–Trinajstić information content (AvgIpc) is 3.38. The highest BCUT2D eigenvalue weighted by molar-refractivity contribution is 5.59.